The molecule has 0 unspecified atom stereocenters. The number of imidazole rings is 1. The third-order valence-electron chi connectivity index (χ3n) is 6.58. The van der Waals surface area contributed by atoms with Crippen LogP contribution in [0.25, 0.3) is 11.0 Å². The lowest BCUT2D eigenvalue weighted by molar-refractivity contribution is 0.0792. The maximum atomic E-state index is 12.5. The van der Waals surface area contributed by atoms with Crippen LogP contribution in [-0.2, 0) is 13.6 Å². The van der Waals surface area contributed by atoms with Crippen LogP contribution in [0.15, 0.2) is 48.5 Å². The molecule has 162 valence electrons. The molecule has 0 aliphatic carbocycles. The predicted molar refractivity (Wildman–Crippen MR) is 121 cm³/mol. The number of aromatic nitrogens is 2. The Morgan fingerprint density at radius 2 is 1.71 bits per heavy atom. The minimum absolute atomic E-state index is 0.138. The zero-order chi connectivity index (χ0) is 21.2. The number of hydrogen-bond donors (Lipinski definition) is 0. The van der Waals surface area contributed by atoms with E-state index in [0.717, 1.165) is 81.1 Å². The first-order valence-corrected chi connectivity index (χ1v) is 11.4. The van der Waals surface area contributed by atoms with Crippen molar-refractivity contribution in [2.24, 2.45) is 7.05 Å². The fraction of sp³-hybridized carbons (Fsp3) is 0.440. The Kier molecular flexibility index (Phi) is 5.64. The van der Waals surface area contributed by atoms with Crippen molar-refractivity contribution in [3.05, 3.63) is 59.9 Å². The molecule has 6 nitrogen and oxygen atoms in total. The van der Waals surface area contributed by atoms with Crippen LogP contribution in [0.2, 0.25) is 0 Å². The summed E-state index contributed by atoms with van der Waals surface area (Å²) in [6.07, 6.45) is 4.44. The number of piperidine rings is 1. The van der Waals surface area contributed by atoms with Gasteiger partial charge in [0.2, 0.25) is 0 Å². The quantitative estimate of drug-likeness (QED) is 0.632. The van der Waals surface area contributed by atoms with E-state index in [1.54, 1.807) is 0 Å². The van der Waals surface area contributed by atoms with E-state index >= 15 is 0 Å². The summed E-state index contributed by atoms with van der Waals surface area (Å²) in [7, 11) is 2.10. The van der Waals surface area contributed by atoms with Gasteiger partial charge in [0.05, 0.1) is 17.6 Å². The van der Waals surface area contributed by atoms with E-state index in [9.17, 15) is 4.79 Å². The zero-order valence-corrected chi connectivity index (χ0v) is 18.2. The molecule has 2 aliphatic rings. The molecule has 2 aliphatic heterocycles. The van der Waals surface area contributed by atoms with Gasteiger partial charge in [-0.3, -0.25) is 9.69 Å². The SMILES string of the molecule is Cn1c(CN2CCC(Oc3ccc(C(=O)N4CCCC4)cc3)CC2)nc2ccccc21. The number of amides is 1. The van der Waals surface area contributed by atoms with Gasteiger partial charge in [-0.05, 0) is 62.1 Å². The largest absolute Gasteiger partial charge is 0.490 e. The van der Waals surface area contributed by atoms with Crippen LogP contribution >= 0.6 is 0 Å². The summed E-state index contributed by atoms with van der Waals surface area (Å²) in [6.45, 7) is 4.62. The lowest BCUT2D eigenvalue weighted by Crippen LogP contribution is -2.38. The molecule has 0 atom stereocenters. The highest BCUT2D eigenvalue weighted by Gasteiger charge is 2.23. The number of aryl methyl sites for hydroxylation is 1. The summed E-state index contributed by atoms with van der Waals surface area (Å²) >= 11 is 0. The molecule has 6 heteroatoms. The van der Waals surface area contributed by atoms with Crippen molar-refractivity contribution < 1.29 is 9.53 Å². The third-order valence-corrected chi connectivity index (χ3v) is 6.58. The van der Waals surface area contributed by atoms with E-state index in [2.05, 4.69) is 34.7 Å². The van der Waals surface area contributed by atoms with Gasteiger partial charge in [0, 0.05) is 38.8 Å². The van der Waals surface area contributed by atoms with Crippen molar-refractivity contribution in [1.29, 1.82) is 0 Å². The molecule has 2 saturated heterocycles. The average Bonchev–Trinajstić information content (AvgIpc) is 3.44. The number of nitrogens with zero attached hydrogens (tertiary/aromatic N) is 4. The summed E-state index contributed by atoms with van der Waals surface area (Å²) < 4.78 is 8.41. The van der Waals surface area contributed by atoms with Gasteiger partial charge in [0.1, 0.15) is 17.7 Å². The monoisotopic (exact) mass is 418 g/mol. The Hall–Kier alpha value is -2.86. The standard InChI is InChI=1S/C25H30N4O2/c1-27-23-7-3-2-6-22(23)26-24(27)18-28-16-12-21(13-17-28)31-20-10-8-19(9-11-20)25(30)29-14-4-5-15-29/h2-3,6-11,21H,4-5,12-18H2,1H3. The van der Waals surface area contributed by atoms with Gasteiger partial charge in [0.25, 0.3) is 5.91 Å². The molecular weight excluding hydrogens is 388 g/mol. The number of carbonyl (C=O) groups excluding carboxylic acids is 1. The second-order valence-corrected chi connectivity index (χ2v) is 8.69. The second-order valence-electron chi connectivity index (χ2n) is 8.69. The summed E-state index contributed by atoms with van der Waals surface area (Å²) in [5.74, 6) is 2.10. The molecule has 0 spiro atoms. The Labute approximate surface area is 183 Å². The molecule has 1 amide bonds. The van der Waals surface area contributed by atoms with Crippen LogP contribution in [0.1, 0.15) is 41.9 Å². The molecular formula is C25H30N4O2. The Morgan fingerprint density at radius 1 is 1.00 bits per heavy atom. The van der Waals surface area contributed by atoms with E-state index in [-0.39, 0.29) is 12.0 Å². The van der Waals surface area contributed by atoms with Gasteiger partial charge in [-0.2, -0.15) is 0 Å². The molecule has 5 rings (SSSR count). The summed E-state index contributed by atoms with van der Waals surface area (Å²) in [4.78, 5) is 21.7. The molecule has 2 aromatic carbocycles. The number of carbonyl (C=O) groups is 1. The number of hydrogen-bond acceptors (Lipinski definition) is 4. The molecule has 0 bridgehead atoms. The van der Waals surface area contributed by atoms with Crippen molar-refractivity contribution in [3.63, 3.8) is 0 Å². The first kappa shape index (κ1) is 20.1. The molecule has 0 saturated carbocycles. The molecule has 0 N–H and O–H groups in total. The fourth-order valence-electron chi connectivity index (χ4n) is 4.69. The highest BCUT2D eigenvalue weighted by atomic mass is 16.5. The first-order chi connectivity index (χ1) is 15.2. The van der Waals surface area contributed by atoms with E-state index < -0.39 is 0 Å². The Morgan fingerprint density at radius 3 is 2.42 bits per heavy atom. The lowest BCUT2D eigenvalue weighted by Gasteiger charge is -2.31. The Bertz CT molecular complexity index is 1050. The number of rotatable bonds is 5. The van der Waals surface area contributed by atoms with Gasteiger partial charge in [-0.15, -0.1) is 0 Å². The van der Waals surface area contributed by atoms with Gasteiger partial charge in [-0.25, -0.2) is 4.98 Å². The minimum atomic E-state index is 0.138. The van der Waals surface area contributed by atoms with Crippen molar-refractivity contribution >= 4 is 16.9 Å². The van der Waals surface area contributed by atoms with Crippen molar-refractivity contribution in [1.82, 2.24) is 19.4 Å². The fourth-order valence-corrected chi connectivity index (χ4v) is 4.69. The summed E-state index contributed by atoms with van der Waals surface area (Å²) in [6, 6.07) is 16.0. The normalized spacial score (nSPS) is 18.0. The van der Waals surface area contributed by atoms with Crippen LogP contribution in [0, 0.1) is 0 Å². The smallest absolute Gasteiger partial charge is 0.253 e. The van der Waals surface area contributed by atoms with Crippen LogP contribution in [0.4, 0.5) is 0 Å². The van der Waals surface area contributed by atoms with Crippen LogP contribution in [0.5, 0.6) is 5.75 Å². The van der Waals surface area contributed by atoms with Gasteiger partial charge in [-0.1, -0.05) is 12.1 Å². The highest BCUT2D eigenvalue weighted by molar-refractivity contribution is 5.94. The van der Waals surface area contributed by atoms with Crippen molar-refractivity contribution in [2.45, 2.75) is 38.3 Å². The number of para-hydroxylation sites is 2. The molecule has 0 radical (unpaired) electrons. The van der Waals surface area contributed by atoms with E-state index in [0.29, 0.717) is 0 Å². The second kappa shape index (κ2) is 8.71. The van der Waals surface area contributed by atoms with Gasteiger partial charge >= 0.3 is 0 Å². The van der Waals surface area contributed by atoms with Gasteiger partial charge in [0.15, 0.2) is 0 Å². The van der Waals surface area contributed by atoms with Crippen LogP contribution in [0.3, 0.4) is 0 Å². The third kappa shape index (κ3) is 4.30. The predicted octanol–water partition coefficient (Wildman–Crippen LogP) is 3.85. The number of ether oxygens (including phenoxy) is 1. The molecule has 3 heterocycles. The summed E-state index contributed by atoms with van der Waals surface area (Å²) in [5, 5.41) is 0. The topological polar surface area (TPSA) is 50.6 Å². The van der Waals surface area contributed by atoms with Crippen molar-refractivity contribution in [2.75, 3.05) is 26.2 Å². The van der Waals surface area contributed by atoms with Crippen molar-refractivity contribution in [3.8, 4) is 5.75 Å². The lowest BCUT2D eigenvalue weighted by atomic mass is 10.1. The van der Waals surface area contributed by atoms with E-state index in [1.165, 1.54) is 5.52 Å². The number of benzene rings is 2. The molecule has 1 aromatic heterocycles. The van der Waals surface area contributed by atoms with E-state index in [4.69, 9.17) is 9.72 Å². The molecule has 2 fully saturated rings. The van der Waals surface area contributed by atoms with Crippen LogP contribution < -0.4 is 4.74 Å². The summed E-state index contributed by atoms with van der Waals surface area (Å²) in [5.41, 5.74) is 3.00. The average molecular weight is 419 g/mol. The van der Waals surface area contributed by atoms with Gasteiger partial charge < -0.3 is 14.2 Å². The zero-order valence-electron chi connectivity index (χ0n) is 18.2. The number of fused-ring (bicyclic) bond motifs is 1. The molecule has 31 heavy (non-hydrogen) atoms. The minimum Gasteiger partial charge on any atom is -0.490 e. The first-order valence-electron chi connectivity index (χ1n) is 11.4. The molecule has 3 aromatic rings. The number of likely N-dealkylation sites (tertiary alicyclic amines) is 2. The maximum absolute atomic E-state index is 12.5. The van der Waals surface area contributed by atoms with E-state index in [1.807, 2.05) is 35.2 Å². The van der Waals surface area contributed by atoms with Crippen LogP contribution in [-0.4, -0.2) is 57.5 Å². The Balaban J connectivity index is 1.14. The highest BCUT2D eigenvalue weighted by Crippen LogP contribution is 2.23. The maximum Gasteiger partial charge on any atom is 0.253 e.